The topological polar surface area (TPSA) is 95.6 Å². The molecule has 1 aliphatic rings. The molecular weight excluding hydrogens is 426 g/mol. The van der Waals surface area contributed by atoms with Gasteiger partial charge in [-0.15, -0.1) is 0 Å². The zero-order valence-corrected chi connectivity index (χ0v) is 18.4. The summed E-state index contributed by atoms with van der Waals surface area (Å²) in [4.78, 5) is 26.2. The molecule has 0 fully saturated rings. The lowest BCUT2D eigenvalue weighted by Gasteiger charge is -2.16. The summed E-state index contributed by atoms with van der Waals surface area (Å²) >= 11 is 0. The van der Waals surface area contributed by atoms with Crippen LogP contribution in [0.1, 0.15) is 28.4 Å². The highest BCUT2D eigenvalue weighted by Gasteiger charge is 2.25. The van der Waals surface area contributed by atoms with Crippen LogP contribution in [0.5, 0.6) is 0 Å². The normalized spacial score (nSPS) is 12.8. The number of sulfonamides is 1. The molecule has 4 rings (SSSR count). The van der Waals surface area contributed by atoms with Crippen LogP contribution >= 0.6 is 0 Å². The molecule has 2 amide bonds. The summed E-state index contributed by atoms with van der Waals surface area (Å²) in [6, 6.07) is 20.6. The largest absolute Gasteiger partial charge is 0.348 e. The Labute approximate surface area is 187 Å². The van der Waals surface area contributed by atoms with E-state index in [2.05, 4.69) is 10.0 Å². The lowest BCUT2D eigenvalue weighted by molar-refractivity contribution is -0.116. The molecule has 1 aliphatic heterocycles. The van der Waals surface area contributed by atoms with Crippen molar-refractivity contribution in [3.63, 3.8) is 0 Å². The molecule has 3 aromatic carbocycles. The van der Waals surface area contributed by atoms with E-state index in [0.717, 1.165) is 16.8 Å². The minimum absolute atomic E-state index is 0.0760. The second-order valence-electron chi connectivity index (χ2n) is 7.53. The van der Waals surface area contributed by atoms with Crippen LogP contribution < -0.4 is 14.9 Å². The van der Waals surface area contributed by atoms with Crippen molar-refractivity contribution >= 4 is 33.2 Å². The van der Waals surface area contributed by atoms with Gasteiger partial charge in [-0.05, 0) is 47.9 Å². The molecular formula is C24H23N3O4S. The third-order valence-electron chi connectivity index (χ3n) is 5.35. The third kappa shape index (κ3) is 4.50. The van der Waals surface area contributed by atoms with Crippen LogP contribution in [-0.4, -0.2) is 26.8 Å². The van der Waals surface area contributed by atoms with Gasteiger partial charge in [-0.1, -0.05) is 42.5 Å². The van der Waals surface area contributed by atoms with Gasteiger partial charge in [0.15, 0.2) is 0 Å². The monoisotopic (exact) mass is 449 g/mol. The zero-order chi connectivity index (χ0) is 22.7. The highest BCUT2D eigenvalue weighted by Crippen LogP contribution is 2.31. The van der Waals surface area contributed by atoms with Crippen LogP contribution in [0.25, 0.3) is 0 Å². The van der Waals surface area contributed by atoms with Crippen LogP contribution in [0.15, 0.2) is 77.7 Å². The Kier molecular flexibility index (Phi) is 5.96. The number of para-hydroxylation sites is 1. The molecule has 0 saturated heterocycles. The van der Waals surface area contributed by atoms with E-state index in [-0.39, 0.29) is 28.0 Å². The van der Waals surface area contributed by atoms with Crippen LogP contribution in [0.3, 0.4) is 0 Å². The van der Waals surface area contributed by atoms with Crippen molar-refractivity contribution in [2.45, 2.75) is 24.8 Å². The van der Waals surface area contributed by atoms with Crippen molar-refractivity contribution < 1.29 is 18.0 Å². The molecule has 0 aliphatic carbocycles. The third-order valence-corrected chi connectivity index (χ3v) is 6.71. The number of fused-ring (bicyclic) bond motifs is 1. The van der Waals surface area contributed by atoms with Crippen LogP contribution in [-0.2, 0) is 27.8 Å². The summed E-state index contributed by atoms with van der Waals surface area (Å²) in [5.74, 6) is -0.453. The van der Waals surface area contributed by atoms with E-state index in [4.69, 9.17) is 0 Å². The molecule has 2 N–H and O–H groups in total. The molecule has 3 aromatic rings. The van der Waals surface area contributed by atoms with Crippen molar-refractivity contribution in [1.29, 1.82) is 0 Å². The van der Waals surface area contributed by atoms with E-state index in [9.17, 15) is 18.0 Å². The van der Waals surface area contributed by atoms with Gasteiger partial charge in [-0.25, -0.2) is 8.42 Å². The fourth-order valence-electron chi connectivity index (χ4n) is 3.72. The van der Waals surface area contributed by atoms with Crippen molar-refractivity contribution in [3.8, 4) is 0 Å². The zero-order valence-electron chi connectivity index (χ0n) is 17.5. The Morgan fingerprint density at radius 1 is 0.969 bits per heavy atom. The Bertz CT molecular complexity index is 1270. The molecule has 0 saturated carbocycles. The molecule has 0 spiro atoms. The summed E-state index contributed by atoms with van der Waals surface area (Å²) in [7, 11) is -3.93. The summed E-state index contributed by atoms with van der Waals surface area (Å²) in [6.07, 6.45) is 0.594. The Balaban J connectivity index is 1.54. The number of carbonyl (C=O) groups excluding carboxylic acids is 2. The number of nitrogens with one attached hydrogen (secondary N) is 2. The van der Waals surface area contributed by atoms with Gasteiger partial charge in [0.25, 0.3) is 15.9 Å². The smallest absolute Gasteiger partial charge is 0.261 e. The minimum Gasteiger partial charge on any atom is -0.348 e. The predicted molar refractivity (Wildman–Crippen MR) is 123 cm³/mol. The molecule has 8 heteroatoms. The molecule has 0 unspecified atom stereocenters. The summed E-state index contributed by atoms with van der Waals surface area (Å²) in [5.41, 5.74) is 2.91. The van der Waals surface area contributed by atoms with Gasteiger partial charge < -0.3 is 10.2 Å². The van der Waals surface area contributed by atoms with E-state index in [0.29, 0.717) is 19.5 Å². The molecule has 7 nitrogen and oxygen atoms in total. The van der Waals surface area contributed by atoms with Crippen LogP contribution in [0.4, 0.5) is 11.4 Å². The molecule has 0 atom stereocenters. The maximum absolute atomic E-state index is 13.0. The minimum atomic E-state index is -3.93. The summed E-state index contributed by atoms with van der Waals surface area (Å²) < 4.78 is 28.6. The van der Waals surface area contributed by atoms with Crippen molar-refractivity contribution in [3.05, 3.63) is 89.5 Å². The van der Waals surface area contributed by atoms with Gasteiger partial charge in [-0.3, -0.25) is 14.3 Å². The van der Waals surface area contributed by atoms with E-state index in [1.165, 1.54) is 13.0 Å². The lowest BCUT2D eigenvalue weighted by atomic mass is 10.1. The van der Waals surface area contributed by atoms with Crippen LogP contribution in [0, 0.1) is 0 Å². The number of carbonyl (C=O) groups is 2. The first-order valence-corrected chi connectivity index (χ1v) is 11.7. The number of amides is 2. The van der Waals surface area contributed by atoms with E-state index in [1.54, 1.807) is 41.3 Å². The Hall–Kier alpha value is -3.65. The fraction of sp³-hybridized carbons (Fsp3) is 0.167. The van der Waals surface area contributed by atoms with Crippen molar-refractivity contribution in [1.82, 2.24) is 5.32 Å². The molecule has 1 heterocycles. The highest BCUT2D eigenvalue weighted by molar-refractivity contribution is 7.92. The van der Waals surface area contributed by atoms with Gasteiger partial charge in [0.2, 0.25) is 5.91 Å². The molecule has 32 heavy (non-hydrogen) atoms. The second kappa shape index (κ2) is 8.84. The van der Waals surface area contributed by atoms with E-state index >= 15 is 0 Å². The van der Waals surface area contributed by atoms with Crippen molar-refractivity contribution in [2.24, 2.45) is 0 Å². The van der Waals surface area contributed by atoms with Gasteiger partial charge in [0.05, 0.1) is 16.1 Å². The van der Waals surface area contributed by atoms with E-state index in [1.807, 2.05) is 30.3 Å². The number of rotatable bonds is 6. The number of hydrogen-bond donors (Lipinski definition) is 2. The van der Waals surface area contributed by atoms with Crippen LogP contribution in [0.2, 0.25) is 0 Å². The van der Waals surface area contributed by atoms with Gasteiger partial charge in [0.1, 0.15) is 0 Å². The summed E-state index contributed by atoms with van der Waals surface area (Å²) in [6.45, 7) is 2.35. The average Bonchev–Trinajstić information content (AvgIpc) is 3.22. The number of anilines is 2. The standard InChI is InChI=1S/C24H23N3O4S/c1-17(28)27-14-13-19-15-20(11-12-23(19)27)32(30,31)26-22-10-6-5-9-21(22)24(29)25-16-18-7-3-2-4-8-18/h2-12,15,26H,13-14,16H2,1H3,(H,25,29). The lowest BCUT2D eigenvalue weighted by Crippen LogP contribution is -2.25. The first-order valence-electron chi connectivity index (χ1n) is 10.2. The van der Waals surface area contributed by atoms with Gasteiger partial charge in [0, 0.05) is 25.7 Å². The maximum atomic E-state index is 13.0. The molecule has 0 radical (unpaired) electrons. The Morgan fingerprint density at radius 3 is 2.44 bits per heavy atom. The first kappa shape index (κ1) is 21.6. The average molecular weight is 450 g/mol. The fourth-order valence-corrected chi connectivity index (χ4v) is 4.85. The first-order chi connectivity index (χ1) is 15.3. The maximum Gasteiger partial charge on any atom is 0.261 e. The molecule has 0 aromatic heterocycles. The van der Waals surface area contributed by atoms with E-state index < -0.39 is 10.0 Å². The summed E-state index contributed by atoms with van der Waals surface area (Å²) in [5, 5.41) is 2.82. The SMILES string of the molecule is CC(=O)N1CCc2cc(S(=O)(=O)Nc3ccccc3C(=O)NCc3ccccc3)ccc21. The number of nitrogens with zero attached hydrogens (tertiary/aromatic N) is 1. The molecule has 164 valence electrons. The second-order valence-corrected chi connectivity index (χ2v) is 9.21. The Morgan fingerprint density at radius 2 is 1.69 bits per heavy atom. The quantitative estimate of drug-likeness (QED) is 0.603. The number of hydrogen-bond acceptors (Lipinski definition) is 4. The highest BCUT2D eigenvalue weighted by atomic mass is 32.2. The van der Waals surface area contributed by atoms with Gasteiger partial charge >= 0.3 is 0 Å². The van der Waals surface area contributed by atoms with Crippen molar-refractivity contribution in [2.75, 3.05) is 16.2 Å². The molecule has 0 bridgehead atoms. The predicted octanol–water partition coefficient (Wildman–Crippen LogP) is 3.33. The van der Waals surface area contributed by atoms with Gasteiger partial charge in [-0.2, -0.15) is 0 Å². The number of benzene rings is 3.